The lowest BCUT2D eigenvalue weighted by molar-refractivity contribution is -0.00419. The van der Waals surface area contributed by atoms with Crippen LogP contribution in [0.3, 0.4) is 0 Å². The van der Waals surface area contributed by atoms with E-state index in [0.717, 1.165) is 12.3 Å². The Bertz CT molecular complexity index is 153. The van der Waals surface area contributed by atoms with Crippen LogP contribution in [-0.2, 0) is 0 Å². The van der Waals surface area contributed by atoms with Crippen molar-refractivity contribution in [1.82, 2.24) is 0 Å². The van der Waals surface area contributed by atoms with Crippen LogP contribution in [0.25, 0.3) is 0 Å². The van der Waals surface area contributed by atoms with Crippen LogP contribution in [0, 0.1) is 11.8 Å². The zero-order chi connectivity index (χ0) is 7.19. The van der Waals surface area contributed by atoms with Gasteiger partial charge in [-0.05, 0) is 37.5 Å². The lowest BCUT2D eigenvalue weighted by Gasteiger charge is -2.30. The molecule has 3 unspecified atom stereocenters. The lowest BCUT2D eigenvalue weighted by atomic mass is 9.84. The molecule has 3 N–H and O–H groups in total. The Balaban J connectivity index is 0.000000605. The zero-order valence-electron chi connectivity index (χ0n) is 6.62. The third-order valence-corrected chi connectivity index (χ3v) is 3.30. The van der Waals surface area contributed by atoms with Gasteiger partial charge in [0.25, 0.3) is 0 Å². The number of hydrogen-bond acceptors (Lipinski definition) is 2. The molecule has 2 fully saturated rings. The summed E-state index contributed by atoms with van der Waals surface area (Å²) in [5, 5.41) is 9.87. The first-order valence-corrected chi connectivity index (χ1v) is 4.17. The molecule has 0 radical (unpaired) electrons. The maximum absolute atomic E-state index is 9.87. The minimum Gasteiger partial charge on any atom is -0.388 e. The Kier molecular flexibility index (Phi) is 2.47. The van der Waals surface area contributed by atoms with Gasteiger partial charge in [-0.25, -0.2) is 0 Å². The van der Waals surface area contributed by atoms with Crippen LogP contribution in [0.15, 0.2) is 0 Å². The fourth-order valence-corrected chi connectivity index (χ4v) is 2.66. The van der Waals surface area contributed by atoms with Crippen LogP contribution in [-0.4, -0.2) is 17.3 Å². The second kappa shape index (κ2) is 2.92. The molecule has 2 aliphatic carbocycles. The second-order valence-electron chi connectivity index (χ2n) is 3.89. The third kappa shape index (κ3) is 1.28. The van der Waals surface area contributed by atoms with Crippen molar-refractivity contribution in [2.24, 2.45) is 17.6 Å². The highest BCUT2D eigenvalue weighted by Gasteiger charge is 2.48. The summed E-state index contributed by atoms with van der Waals surface area (Å²) in [5.41, 5.74) is 5.04. The molecule has 2 rings (SSSR count). The second-order valence-corrected chi connectivity index (χ2v) is 3.89. The summed E-state index contributed by atoms with van der Waals surface area (Å²) in [5.74, 6) is 1.32. The van der Waals surface area contributed by atoms with Gasteiger partial charge in [0, 0.05) is 6.54 Å². The monoisotopic (exact) mass is 177 g/mol. The van der Waals surface area contributed by atoms with Crippen molar-refractivity contribution in [2.75, 3.05) is 6.54 Å². The average Bonchev–Trinajstić information content (AvgIpc) is 2.46. The van der Waals surface area contributed by atoms with E-state index in [0.29, 0.717) is 12.5 Å². The summed E-state index contributed by atoms with van der Waals surface area (Å²) in [6, 6.07) is 0. The Hall–Kier alpha value is 0.210. The normalized spacial score (nSPS) is 47.5. The van der Waals surface area contributed by atoms with Crippen LogP contribution in [0.2, 0.25) is 0 Å². The first kappa shape index (κ1) is 9.30. The molecule has 2 saturated carbocycles. The highest BCUT2D eigenvalue weighted by atomic mass is 35.5. The maximum Gasteiger partial charge on any atom is 0.0800 e. The Morgan fingerprint density at radius 3 is 2.45 bits per heavy atom. The quantitative estimate of drug-likeness (QED) is 0.626. The molecule has 0 aromatic rings. The molecule has 0 aromatic heterocycles. The smallest absolute Gasteiger partial charge is 0.0800 e. The molecule has 66 valence electrons. The predicted octanol–water partition coefficient (Wildman–Crippen LogP) is 0.918. The molecule has 0 aromatic carbocycles. The Morgan fingerprint density at radius 1 is 1.45 bits per heavy atom. The van der Waals surface area contributed by atoms with E-state index in [4.69, 9.17) is 5.73 Å². The highest BCUT2D eigenvalue weighted by Crippen LogP contribution is 2.50. The Morgan fingerprint density at radius 2 is 2.18 bits per heavy atom. The molecule has 11 heavy (non-hydrogen) atoms. The minimum absolute atomic E-state index is 0. The van der Waals surface area contributed by atoms with Gasteiger partial charge in [0.1, 0.15) is 0 Å². The fourth-order valence-electron chi connectivity index (χ4n) is 2.66. The SMILES string of the molecule is Cl.NCC1(O)CC2CCC1C2. The summed E-state index contributed by atoms with van der Waals surface area (Å²) >= 11 is 0. The van der Waals surface area contributed by atoms with Crippen molar-refractivity contribution >= 4 is 12.4 Å². The zero-order valence-corrected chi connectivity index (χ0v) is 7.44. The van der Waals surface area contributed by atoms with Gasteiger partial charge in [0.2, 0.25) is 0 Å². The minimum atomic E-state index is -0.469. The van der Waals surface area contributed by atoms with Gasteiger partial charge >= 0.3 is 0 Å². The fraction of sp³-hybridized carbons (Fsp3) is 1.00. The van der Waals surface area contributed by atoms with Gasteiger partial charge < -0.3 is 10.8 Å². The number of halogens is 1. The van der Waals surface area contributed by atoms with Crippen molar-refractivity contribution < 1.29 is 5.11 Å². The number of aliphatic hydroxyl groups is 1. The Labute approximate surface area is 73.6 Å². The summed E-state index contributed by atoms with van der Waals surface area (Å²) in [6.45, 7) is 0.466. The first-order chi connectivity index (χ1) is 4.74. The molecular weight excluding hydrogens is 162 g/mol. The molecule has 3 atom stereocenters. The molecule has 0 aliphatic heterocycles. The summed E-state index contributed by atoms with van der Waals surface area (Å²) in [6.07, 6.45) is 4.73. The first-order valence-electron chi connectivity index (χ1n) is 4.17. The van der Waals surface area contributed by atoms with Crippen LogP contribution in [0.4, 0.5) is 0 Å². The molecule has 0 amide bonds. The van der Waals surface area contributed by atoms with Gasteiger partial charge in [0.05, 0.1) is 5.60 Å². The topological polar surface area (TPSA) is 46.2 Å². The largest absolute Gasteiger partial charge is 0.388 e. The highest BCUT2D eigenvalue weighted by molar-refractivity contribution is 5.85. The molecule has 0 heterocycles. The van der Waals surface area contributed by atoms with Crippen molar-refractivity contribution in [3.8, 4) is 0 Å². The van der Waals surface area contributed by atoms with E-state index in [2.05, 4.69) is 0 Å². The molecule has 0 spiro atoms. The maximum atomic E-state index is 9.87. The van der Waals surface area contributed by atoms with Gasteiger partial charge in [0.15, 0.2) is 0 Å². The van der Waals surface area contributed by atoms with E-state index < -0.39 is 5.60 Å². The summed E-state index contributed by atoms with van der Waals surface area (Å²) in [4.78, 5) is 0. The van der Waals surface area contributed by atoms with E-state index in [1.165, 1.54) is 19.3 Å². The van der Waals surface area contributed by atoms with Crippen molar-refractivity contribution in [3.05, 3.63) is 0 Å². The van der Waals surface area contributed by atoms with Crippen molar-refractivity contribution in [3.63, 3.8) is 0 Å². The number of nitrogens with two attached hydrogens (primary N) is 1. The standard InChI is InChI=1S/C8H15NO.ClH/c9-5-8(10)4-6-1-2-7(8)3-6;/h6-7,10H,1-5,9H2;1H. The molecule has 2 bridgehead atoms. The van der Waals surface area contributed by atoms with E-state index in [-0.39, 0.29) is 12.4 Å². The van der Waals surface area contributed by atoms with E-state index in [1.807, 2.05) is 0 Å². The van der Waals surface area contributed by atoms with Crippen molar-refractivity contribution in [2.45, 2.75) is 31.3 Å². The third-order valence-electron chi connectivity index (χ3n) is 3.30. The molecular formula is C8H16ClNO. The van der Waals surface area contributed by atoms with Gasteiger partial charge in [-0.2, -0.15) is 0 Å². The molecule has 0 saturated heterocycles. The van der Waals surface area contributed by atoms with Crippen molar-refractivity contribution in [1.29, 1.82) is 0 Å². The number of hydrogen-bond donors (Lipinski definition) is 2. The summed E-state index contributed by atoms with van der Waals surface area (Å²) < 4.78 is 0. The number of fused-ring (bicyclic) bond motifs is 2. The number of rotatable bonds is 1. The van der Waals surface area contributed by atoms with E-state index in [9.17, 15) is 5.11 Å². The van der Waals surface area contributed by atoms with Gasteiger partial charge in [-0.1, -0.05) is 0 Å². The van der Waals surface area contributed by atoms with Crippen LogP contribution < -0.4 is 5.73 Å². The van der Waals surface area contributed by atoms with E-state index in [1.54, 1.807) is 0 Å². The van der Waals surface area contributed by atoms with Crippen LogP contribution in [0.1, 0.15) is 25.7 Å². The lowest BCUT2D eigenvalue weighted by Crippen LogP contribution is -2.42. The summed E-state index contributed by atoms with van der Waals surface area (Å²) in [7, 11) is 0. The predicted molar refractivity (Wildman–Crippen MR) is 46.7 cm³/mol. The average molecular weight is 178 g/mol. The van der Waals surface area contributed by atoms with Gasteiger partial charge in [-0.3, -0.25) is 0 Å². The van der Waals surface area contributed by atoms with E-state index >= 15 is 0 Å². The van der Waals surface area contributed by atoms with Crippen LogP contribution in [0.5, 0.6) is 0 Å². The molecule has 2 aliphatic rings. The van der Waals surface area contributed by atoms with Gasteiger partial charge in [-0.15, -0.1) is 12.4 Å². The molecule has 2 nitrogen and oxygen atoms in total. The molecule has 3 heteroatoms. The van der Waals surface area contributed by atoms with Crippen LogP contribution >= 0.6 is 12.4 Å².